The molecule has 0 aliphatic carbocycles. The van der Waals surface area contributed by atoms with Gasteiger partial charge in [0.1, 0.15) is 0 Å². The van der Waals surface area contributed by atoms with Crippen molar-refractivity contribution < 1.29 is 0 Å². The summed E-state index contributed by atoms with van der Waals surface area (Å²) in [6, 6.07) is 0.574. The van der Waals surface area contributed by atoms with Crippen LogP contribution in [-0.2, 0) is 0 Å². The highest BCUT2D eigenvalue weighted by Crippen LogP contribution is 2.00. The van der Waals surface area contributed by atoms with E-state index in [-0.39, 0.29) is 0 Å². The van der Waals surface area contributed by atoms with Crippen molar-refractivity contribution in [3.05, 3.63) is 24.3 Å². The fourth-order valence-electron chi connectivity index (χ4n) is 0.980. The summed E-state index contributed by atoms with van der Waals surface area (Å²) in [7, 11) is 1.11. The Morgan fingerprint density at radius 3 is 2.55 bits per heavy atom. The summed E-state index contributed by atoms with van der Waals surface area (Å²) in [5.74, 6) is 0. The largest absolute Gasteiger partial charge is 0.323 e. The second-order valence-corrected chi connectivity index (χ2v) is 4.36. The van der Waals surface area contributed by atoms with Gasteiger partial charge < -0.3 is 4.57 Å². The molecular formula is C9H19NSi. The van der Waals surface area contributed by atoms with E-state index >= 15 is 0 Å². The van der Waals surface area contributed by atoms with E-state index in [0.29, 0.717) is 6.04 Å². The van der Waals surface area contributed by atoms with E-state index in [0.717, 1.165) is 16.9 Å². The van der Waals surface area contributed by atoms with Gasteiger partial charge in [-0.25, -0.2) is 0 Å². The van der Waals surface area contributed by atoms with E-state index in [2.05, 4.69) is 38.0 Å². The third-order valence-electron chi connectivity index (χ3n) is 1.69. The molecule has 0 saturated heterocycles. The van der Waals surface area contributed by atoms with Gasteiger partial charge in [-0.2, -0.15) is 0 Å². The van der Waals surface area contributed by atoms with Crippen LogP contribution in [0.1, 0.15) is 20.8 Å². The molecule has 0 aromatic heterocycles. The lowest BCUT2D eigenvalue weighted by molar-refractivity contribution is 0.449. The molecule has 1 nitrogen and oxygen atoms in total. The lowest BCUT2D eigenvalue weighted by atomic mass is 10.2. The van der Waals surface area contributed by atoms with E-state index in [9.17, 15) is 0 Å². The lowest BCUT2D eigenvalue weighted by Crippen LogP contribution is -2.29. The molecule has 1 atom stereocenters. The average Bonchev–Trinajstić information content (AvgIpc) is 1.86. The molecule has 0 heterocycles. The van der Waals surface area contributed by atoms with Crippen LogP contribution >= 0.6 is 0 Å². The van der Waals surface area contributed by atoms with Gasteiger partial charge in [0, 0.05) is 12.6 Å². The zero-order valence-electron chi connectivity index (χ0n) is 8.09. The van der Waals surface area contributed by atoms with E-state index in [4.69, 9.17) is 0 Å². The molecule has 1 unspecified atom stereocenters. The number of hydrogen-bond donors (Lipinski definition) is 0. The third-order valence-corrected chi connectivity index (χ3v) is 2.87. The Morgan fingerprint density at radius 1 is 1.64 bits per heavy atom. The number of rotatable bonds is 4. The summed E-state index contributed by atoms with van der Waals surface area (Å²) >= 11 is 0. The minimum absolute atomic E-state index is 0.574. The SMILES string of the molecule is C=CCN([SiH3])C(C)C=C(C)C. The monoisotopic (exact) mass is 169 g/mol. The zero-order valence-corrected chi connectivity index (χ0v) is 10.1. The molecule has 64 valence electrons. The van der Waals surface area contributed by atoms with Crippen LogP contribution in [0.3, 0.4) is 0 Å². The lowest BCUT2D eigenvalue weighted by Gasteiger charge is -2.20. The Balaban J connectivity index is 3.91. The summed E-state index contributed by atoms with van der Waals surface area (Å²) in [4.78, 5) is 0. The quantitative estimate of drug-likeness (QED) is 0.450. The summed E-state index contributed by atoms with van der Waals surface area (Å²) in [5, 5.41) is 0. The summed E-state index contributed by atoms with van der Waals surface area (Å²) in [6.07, 6.45) is 4.25. The summed E-state index contributed by atoms with van der Waals surface area (Å²) in [5.41, 5.74) is 1.39. The molecule has 0 rings (SSSR count). The van der Waals surface area contributed by atoms with Crippen molar-refractivity contribution in [3.63, 3.8) is 0 Å². The van der Waals surface area contributed by atoms with Gasteiger partial charge in [0.25, 0.3) is 0 Å². The maximum atomic E-state index is 3.72. The molecule has 0 aromatic carbocycles. The first-order valence-corrected chi connectivity index (χ1v) is 4.93. The van der Waals surface area contributed by atoms with Crippen LogP contribution < -0.4 is 0 Å². The average molecular weight is 169 g/mol. The van der Waals surface area contributed by atoms with Crippen molar-refractivity contribution in [1.29, 1.82) is 0 Å². The smallest absolute Gasteiger partial charge is 0.0795 e. The molecule has 0 aliphatic heterocycles. The molecule has 0 saturated carbocycles. The first-order chi connectivity index (χ1) is 5.07. The topological polar surface area (TPSA) is 3.24 Å². The van der Waals surface area contributed by atoms with Gasteiger partial charge in [0.05, 0.1) is 10.4 Å². The van der Waals surface area contributed by atoms with Crippen LogP contribution in [0.15, 0.2) is 24.3 Å². The summed E-state index contributed by atoms with van der Waals surface area (Å²) < 4.78 is 2.39. The fraction of sp³-hybridized carbons (Fsp3) is 0.556. The molecule has 0 bridgehead atoms. The standard InChI is InChI=1S/C9H19NSi/c1-5-6-10(11)9(4)7-8(2)3/h5,7,9H,1,6H2,2-4,11H3. The molecule has 0 spiro atoms. The van der Waals surface area contributed by atoms with Gasteiger partial charge in [-0.3, -0.25) is 0 Å². The molecule has 0 radical (unpaired) electrons. The van der Waals surface area contributed by atoms with E-state index in [1.807, 2.05) is 6.08 Å². The van der Waals surface area contributed by atoms with Crippen molar-refractivity contribution in [3.8, 4) is 0 Å². The van der Waals surface area contributed by atoms with Gasteiger partial charge in [0.15, 0.2) is 0 Å². The Bertz CT molecular complexity index is 148. The van der Waals surface area contributed by atoms with Gasteiger partial charge in [-0.1, -0.05) is 17.7 Å². The van der Waals surface area contributed by atoms with E-state index < -0.39 is 0 Å². The van der Waals surface area contributed by atoms with Crippen molar-refractivity contribution in [1.82, 2.24) is 4.57 Å². The second-order valence-electron chi connectivity index (χ2n) is 3.21. The molecule has 0 aliphatic rings. The van der Waals surface area contributed by atoms with Crippen LogP contribution in [0.5, 0.6) is 0 Å². The van der Waals surface area contributed by atoms with Crippen molar-refractivity contribution >= 4 is 10.4 Å². The van der Waals surface area contributed by atoms with Gasteiger partial charge in [-0.05, 0) is 20.8 Å². The molecule has 0 aromatic rings. The van der Waals surface area contributed by atoms with Crippen LogP contribution in [-0.4, -0.2) is 27.6 Å². The zero-order chi connectivity index (χ0) is 8.85. The van der Waals surface area contributed by atoms with Crippen LogP contribution in [0.2, 0.25) is 0 Å². The predicted molar refractivity (Wildman–Crippen MR) is 55.7 cm³/mol. The minimum atomic E-state index is 0.574. The van der Waals surface area contributed by atoms with Crippen molar-refractivity contribution in [2.24, 2.45) is 0 Å². The summed E-state index contributed by atoms with van der Waals surface area (Å²) in [6.45, 7) is 11.2. The first-order valence-electron chi connectivity index (χ1n) is 4.04. The van der Waals surface area contributed by atoms with Gasteiger partial charge in [-0.15, -0.1) is 6.58 Å². The minimum Gasteiger partial charge on any atom is -0.323 e. The molecule has 0 amide bonds. The number of hydrogen-bond acceptors (Lipinski definition) is 1. The Morgan fingerprint density at radius 2 is 2.18 bits per heavy atom. The maximum Gasteiger partial charge on any atom is 0.0795 e. The Hall–Kier alpha value is -0.343. The highest BCUT2D eigenvalue weighted by atomic mass is 28.2. The van der Waals surface area contributed by atoms with Crippen molar-refractivity contribution in [2.75, 3.05) is 6.54 Å². The first kappa shape index (κ1) is 10.7. The molecular weight excluding hydrogens is 150 g/mol. The number of allylic oxidation sites excluding steroid dienone is 1. The molecule has 0 N–H and O–H groups in total. The molecule has 2 heteroatoms. The van der Waals surface area contributed by atoms with Crippen LogP contribution in [0.25, 0.3) is 0 Å². The van der Waals surface area contributed by atoms with Crippen LogP contribution in [0.4, 0.5) is 0 Å². The predicted octanol–water partition coefficient (Wildman–Crippen LogP) is 1.11. The molecule has 0 fully saturated rings. The van der Waals surface area contributed by atoms with Gasteiger partial charge in [0.2, 0.25) is 0 Å². The van der Waals surface area contributed by atoms with E-state index in [1.165, 1.54) is 5.57 Å². The van der Waals surface area contributed by atoms with Crippen LogP contribution in [0, 0.1) is 0 Å². The van der Waals surface area contributed by atoms with Gasteiger partial charge >= 0.3 is 0 Å². The molecule has 11 heavy (non-hydrogen) atoms. The highest BCUT2D eigenvalue weighted by Gasteiger charge is 2.01. The van der Waals surface area contributed by atoms with E-state index in [1.54, 1.807) is 0 Å². The normalized spacial score (nSPS) is 13.1. The van der Waals surface area contributed by atoms with Crippen molar-refractivity contribution in [2.45, 2.75) is 26.8 Å². The maximum absolute atomic E-state index is 3.72. The Kier molecular flexibility index (Phi) is 5.16. The number of nitrogens with zero attached hydrogens (tertiary/aromatic N) is 1. The fourth-order valence-corrected chi connectivity index (χ4v) is 1.39. The third kappa shape index (κ3) is 4.99. The Labute approximate surface area is 73.3 Å². The highest BCUT2D eigenvalue weighted by molar-refractivity contribution is 6.04. The second kappa shape index (κ2) is 5.33.